The molecule has 1 saturated heterocycles. The van der Waals surface area contributed by atoms with E-state index in [1.165, 1.54) is 0 Å². The first-order valence-electron chi connectivity index (χ1n) is 9.69. The SMILES string of the molecule is CC(C)Oc1ccccc1NC(=O)C1CC1C(=O)NCCN1CCOCC1. The maximum absolute atomic E-state index is 12.5. The first-order chi connectivity index (χ1) is 13.0. The van der Waals surface area contributed by atoms with Gasteiger partial charge in [0.25, 0.3) is 0 Å². The van der Waals surface area contributed by atoms with Gasteiger partial charge in [0.2, 0.25) is 11.8 Å². The Morgan fingerprint density at radius 3 is 2.63 bits per heavy atom. The van der Waals surface area contributed by atoms with Crippen LogP contribution in [0, 0.1) is 11.8 Å². The monoisotopic (exact) mass is 375 g/mol. The number of hydrogen-bond donors (Lipinski definition) is 2. The highest BCUT2D eigenvalue weighted by molar-refractivity contribution is 6.00. The largest absolute Gasteiger partial charge is 0.489 e. The zero-order valence-corrected chi connectivity index (χ0v) is 16.1. The standard InChI is InChI=1S/C20H29N3O4/c1-14(2)27-18-6-4-3-5-17(18)22-20(25)16-13-15(16)19(24)21-7-8-23-9-11-26-12-10-23/h3-6,14-16H,7-13H2,1-2H3,(H,21,24)(H,22,25). The number of morpholine rings is 1. The van der Waals surface area contributed by atoms with Crippen LogP contribution in [0.15, 0.2) is 24.3 Å². The lowest BCUT2D eigenvalue weighted by Crippen LogP contribution is -2.41. The number of ether oxygens (including phenoxy) is 2. The van der Waals surface area contributed by atoms with E-state index in [-0.39, 0.29) is 29.8 Å². The van der Waals surface area contributed by atoms with Gasteiger partial charge in [0, 0.05) is 26.2 Å². The molecule has 1 saturated carbocycles. The molecule has 7 nitrogen and oxygen atoms in total. The highest BCUT2D eigenvalue weighted by Crippen LogP contribution is 2.40. The third kappa shape index (κ3) is 5.68. The van der Waals surface area contributed by atoms with Crippen LogP contribution in [0.1, 0.15) is 20.3 Å². The van der Waals surface area contributed by atoms with Gasteiger partial charge in [-0.1, -0.05) is 12.1 Å². The molecule has 0 bridgehead atoms. The van der Waals surface area contributed by atoms with E-state index in [1.54, 1.807) is 0 Å². The topological polar surface area (TPSA) is 79.9 Å². The summed E-state index contributed by atoms with van der Waals surface area (Å²) >= 11 is 0. The Morgan fingerprint density at radius 2 is 1.89 bits per heavy atom. The van der Waals surface area contributed by atoms with E-state index in [2.05, 4.69) is 15.5 Å². The average Bonchev–Trinajstić information content (AvgIpc) is 3.45. The van der Waals surface area contributed by atoms with E-state index in [9.17, 15) is 9.59 Å². The van der Waals surface area contributed by atoms with E-state index < -0.39 is 0 Å². The second-order valence-electron chi connectivity index (χ2n) is 7.35. The first kappa shape index (κ1) is 19.6. The molecule has 2 atom stereocenters. The van der Waals surface area contributed by atoms with Crippen LogP contribution in [0.25, 0.3) is 0 Å². The third-order valence-corrected chi connectivity index (χ3v) is 4.80. The lowest BCUT2D eigenvalue weighted by Gasteiger charge is -2.26. The summed E-state index contributed by atoms with van der Waals surface area (Å²) in [5, 5.41) is 5.86. The zero-order chi connectivity index (χ0) is 19.2. The van der Waals surface area contributed by atoms with Crippen molar-refractivity contribution in [3.8, 4) is 5.75 Å². The minimum Gasteiger partial charge on any atom is -0.489 e. The molecule has 148 valence electrons. The number of rotatable bonds is 8. The molecule has 3 rings (SSSR count). The molecule has 1 aromatic carbocycles. The molecule has 1 aromatic rings. The van der Waals surface area contributed by atoms with E-state index >= 15 is 0 Å². The summed E-state index contributed by atoms with van der Waals surface area (Å²) in [5.74, 6) is -0.000339. The van der Waals surface area contributed by atoms with Crippen molar-refractivity contribution < 1.29 is 19.1 Å². The van der Waals surface area contributed by atoms with E-state index in [0.717, 1.165) is 32.8 Å². The van der Waals surface area contributed by atoms with Gasteiger partial charge < -0.3 is 20.1 Å². The zero-order valence-electron chi connectivity index (χ0n) is 16.1. The molecule has 1 aliphatic heterocycles. The maximum Gasteiger partial charge on any atom is 0.228 e. The van der Waals surface area contributed by atoms with Gasteiger partial charge in [-0.25, -0.2) is 0 Å². The molecule has 2 N–H and O–H groups in total. The fourth-order valence-electron chi connectivity index (χ4n) is 3.22. The van der Waals surface area contributed by atoms with Gasteiger partial charge in [-0.3, -0.25) is 14.5 Å². The number of carbonyl (C=O) groups excluding carboxylic acids is 2. The van der Waals surface area contributed by atoms with Gasteiger partial charge in [0.05, 0.1) is 36.8 Å². The predicted octanol–water partition coefficient (Wildman–Crippen LogP) is 1.50. The van der Waals surface area contributed by atoms with Crippen LogP contribution >= 0.6 is 0 Å². The van der Waals surface area contributed by atoms with Crippen LogP contribution in [0.3, 0.4) is 0 Å². The summed E-state index contributed by atoms with van der Waals surface area (Å²) in [4.78, 5) is 27.0. The average molecular weight is 375 g/mol. The predicted molar refractivity (Wildman–Crippen MR) is 103 cm³/mol. The Hall–Kier alpha value is -2.12. The third-order valence-electron chi connectivity index (χ3n) is 4.80. The van der Waals surface area contributed by atoms with Crippen LogP contribution in [-0.4, -0.2) is 62.2 Å². The smallest absolute Gasteiger partial charge is 0.228 e. The molecule has 2 amide bonds. The maximum atomic E-state index is 12.5. The lowest BCUT2D eigenvalue weighted by atomic mass is 10.2. The fourth-order valence-corrected chi connectivity index (χ4v) is 3.22. The number of para-hydroxylation sites is 2. The highest BCUT2D eigenvalue weighted by atomic mass is 16.5. The number of nitrogens with zero attached hydrogens (tertiary/aromatic N) is 1. The molecule has 1 aliphatic carbocycles. The van der Waals surface area contributed by atoms with E-state index in [4.69, 9.17) is 9.47 Å². The molecule has 0 radical (unpaired) electrons. The van der Waals surface area contributed by atoms with Gasteiger partial charge in [-0.2, -0.15) is 0 Å². The van der Waals surface area contributed by atoms with Crippen LogP contribution in [0.4, 0.5) is 5.69 Å². The summed E-state index contributed by atoms with van der Waals surface area (Å²) in [6, 6.07) is 7.37. The molecule has 2 aliphatic rings. The number of hydrogen-bond acceptors (Lipinski definition) is 5. The van der Waals surface area contributed by atoms with Gasteiger partial charge in [-0.05, 0) is 32.4 Å². The Balaban J connectivity index is 1.42. The van der Waals surface area contributed by atoms with Crippen LogP contribution in [0.5, 0.6) is 5.75 Å². The van der Waals surface area contributed by atoms with Crippen molar-refractivity contribution in [2.75, 3.05) is 44.7 Å². The lowest BCUT2D eigenvalue weighted by molar-refractivity contribution is -0.125. The minimum absolute atomic E-state index is 0.0222. The second-order valence-corrected chi connectivity index (χ2v) is 7.35. The normalized spacial score (nSPS) is 22.3. The number of benzene rings is 1. The second kappa shape index (κ2) is 9.19. The van der Waals surface area contributed by atoms with Crippen LogP contribution < -0.4 is 15.4 Å². The first-order valence-corrected chi connectivity index (χ1v) is 9.69. The van der Waals surface area contributed by atoms with Crippen molar-refractivity contribution >= 4 is 17.5 Å². The minimum atomic E-state index is -0.263. The summed E-state index contributed by atoms with van der Waals surface area (Å²) in [5.41, 5.74) is 0.648. The fraction of sp³-hybridized carbons (Fsp3) is 0.600. The number of nitrogens with one attached hydrogen (secondary N) is 2. The Bertz CT molecular complexity index is 658. The number of anilines is 1. The molecule has 0 spiro atoms. The van der Waals surface area contributed by atoms with Crippen molar-refractivity contribution in [3.63, 3.8) is 0 Å². The number of carbonyl (C=O) groups is 2. The molecule has 0 aromatic heterocycles. The molecule has 1 heterocycles. The molecular formula is C20H29N3O4. The van der Waals surface area contributed by atoms with Gasteiger partial charge >= 0.3 is 0 Å². The van der Waals surface area contributed by atoms with E-state index in [1.807, 2.05) is 38.1 Å². The quantitative estimate of drug-likeness (QED) is 0.720. The number of amides is 2. The Labute approximate surface area is 160 Å². The van der Waals surface area contributed by atoms with Crippen LogP contribution in [-0.2, 0) is 14.3 Å². The summed E-state index contributed by atoms with van der Waals surface area (Å²) < 4.78 is 11.0. The summed E-state index contributed by atoms with van der Waals surface area (Å²) in [6.45, 7) is 8.62. The molecule has 2 unspecified atom stereocenters. The van der Waals surface area contributed by atoms with Crippen molar-refractivity contribution in [2.45, 2.75) is 26.4 Å². The van der Waals surface area contributed by atoms with Crippen LogP contribution in [0.2, 0.25) is 0 Å². The van der Waals surface area contributed by atoms with Crippen molar-refractivity contribution in [1.29, 1.82) is 0 Å². The van der Waals surface area contributed by atoms with Crippen molar-refractivity contribution in [1.82, 2.24) is 10.2 Å². The molecule has 27 heavy (non-hydrogen) atoms. The van der Waals surface area contributed by atoms with E-state index in [0.29, 0.717) is 24.4 Å². The summed E-state index contributed by atoms with van der Waals surface area (Å²) in [6.07, 6.45) is 0.622. The summed E-state index contributed by atoms with van der Waals surface area (Å²) in [7, 11) is 0. The molecular weight excluding hydrogens is 346 g/mol. The Kier molecular flexibility index (Phi) is 6.68. The van der Waals surface area contributed by atoms with Crippen molar-refractivity contribution in [2.24, 2.45) is 11.8 Å². The van der Waals surface area contributed by atoms with Gasteiger partial charge in [0.15, 0.2) is 0 Å². The molecule has 2 fully saturated rings. The van der Waals surface area contributed by atoms with Gasteiger partial charge in [0.1, 0.15) is 5.75 Å². The van der Waals surface area contributed by atoms with Crippen molar-refractivity contribution in [3.05, 3.63) is 24.3 Å². The highest BCUT2D eigenvalue weighted by Gasteiger charge is 2.48. The van der Waals surface area contributed by atoms with Gasteiger partial charge in [-0.15, -0.1) is 0 Å². The molecule has 7 heteroatoms. The Morgan fingerprint density at radius 1 is 1.19 bits per heavy atom.